The Morgan fingerprint density at radius 3 is 2.28 bits per heavy atom. The fraction of sp³-hybridized carbons (Fsp3) is 0.500. The van der Waals surface area contributed by atoms with E-state index in [1.807, 2.05) is 0 Å². The van der Waals surface area contributed by atoms with Crippen molar-refractivity contribution in [3.63, 3.8) is 0 Å². The van der Waals surface area contributed by atoms with Crippen molar-refractivity contribution in [2.24, 2.45) is 0 Å². The van der Waals surface area contributed by atoms with E-state index in [2.05, 4.69) is 5.32 Å². The van der Waals surface area contributed by atoms with Crippen molar-refractivity contribution in [1.82, 2.24) is 0 Å². The lowest BCUT2D eigenvalue weighted by Gasteiger charge is -2.43. The Labute approximate surface area is 185 Å². The van der Waals surface area contributed by atoms with Gasteiger partial charge in [-0.25, -0.2) is 4.79 Å². The molecule has 10 nitrogen and oxygen atoms in total. The number of carbonyl (C=O) groups excluding carboxylic acids is 3. The summed E-state index contributed by atoms with van der Waals surface area (Å²) in [6, 6.07) is 8.61. The molecule has 2 aliphatic rings. The van der Waals surface area contributed by atoms with E-state index >= 15 is 0 Å². The number of benzene rings is 1. The minimum Gasteiger partial charge on any atom is -0.455 e. The second kappa shape index (κ2) is 11.6. The van der Waals surface area contributed by atoms with Crippen molar-refractivity contribution in [3.8, 4) is 0 Å². The molecule has 3 rings (SSSR count). The number of carbonyl (C=O) groups is 3. The zero-order chi connectivity index (χ0) is 22.9. The van der Waals surface area contributed by atoms with E-state index in [1.165, 1.54) is 7.11 Å². The number of rotatable bonds is 4. The number of para-hydroxylation sites is 1. The molecule has 0 aromatic heterocycles. The van der Waals surface area contributed by atoms with E-state index < -0.39 is 55.3 Å². The average Bonchev–Trinajstić information content (AvgIpc) is 2.78. The highest BCUT2D eigenvalue weighted by atomic mass is 16.7. The molecule has 1 aromatic carbocycles. The fourth-order valence-electron chi connectivity index (χ4n) is 3.47. The largest absolute Gasteiger partial charge is 0.455 e. The van der Waals surface area contributed by atoms with Gasteiger partial charge in [-0.05, 0) is 25.0 Å². The van der Waals surface area contributed by atoms with Gasteiger partial charge in [0.1, 0.15) is 6.10 Å². The number of hydrogen-bond acceptors (Lipinski definition) is 9. The van der Waals surface area contributed by atoms with E-state index in [4.69, 9.17) is 23.7 Å². The molecule has 0 saturated carbocycles. The van der Waals surface area contributed by atoms with E-state index in [0.29, 0.717) is 18.5 Å². The molecule has 0 aliphatic carbocycles. The summed E-state index contributed by atoms with van der Waals surface area (Å²) in [7, 11) is 1.32. The molecule has 0 spiro atoms. The molecule has 32 heavy (non-hydrogen) atoms. The maximum absolute atomic E-state index is 12.5. The number of fused-ring (bicyclic) bond motifs is 1. The molecule has 2 N–H and O–H groups in total. The summed E-state index contributed by atoms with van der Waals surface area (Å²) in [5, 5.41) is 12.4. The van der Waals surface area contributed by atoms with Gasteiger partial charge >= 0.3 is 18.0 Å². The van der Waals surface area contributed by atoms with Crippen molar-refractivity contribution in [1.29, 1.82) is 0 Å². The predicted molar refractivity (Wildman–Crippen MR) is 110 cm³/mol. The van der Waals surface area contributed by atoms with Gasteiger partial charge < -0.3 is 28.8 Å². The van der Waals surface area contributed by atoms with Crippen LogP contribution >= 0.6 is 0 Å². The highest BCUT2D eigenvalue weighted by Gasteiger charge is 2.52. The number of amides is 1. The summed E-state index contributed by atoms with van der Waals surface area (Å²) >= 11 is 0. The molecule has 0 radical (unpaired) electrons. The number of allylic oxidation sites excluding steroid dienone is 2. The lowest BCUT2D eigenvalue weighted by Crippen LogP contribution is -2.62. The molecule has 1 amide bonds. The Balaban J connectivity index is 1.86. The number of methoxy groups -OCH3 is 1. The molecule has 0 bridgehead atoms. The van der Waals surface area contributed by atoms with Crippen LogP contribution in [0.15, 0.2) is 42.5 Å². The highest BCUT2D eigenvalue weighted by Crippen LogP contribution is 2.30. The van der Waals surface area contributed by atoms with Crippen LogP contribution in [0.2, 0.25) is 0 Å². The predicted octanol–water partition coefficient (Wildman–Crippen LogP) is 1.92. The smallest absolute Gasteiger partial charge is 0.412 e. The Kier molecular flexibility index (Phi) is 8.60. The molecule has 10 heteroatoms. The summed E-state index contributed by atoms with van der Waals surface area (Å²) < 4.78 is 27.5. The number of hydrogen-bond donors (Lipinski definition) is 2. The summed E-state index contributed by atoms with van der Waals surface area (Å²) in [6.07, 6.45) is -2.13. The third-order valence-electron chi connectivity index (χ3n) is 5.00. The highest BCUT2D eigenvalue weighted by molar-refractivity contribution is 5.84. The van der Waals surface area contributed by atoms with Crippen molar-refractivity contribution >= 4 is 23.7 Å². The van der Waals surface area contributed by atoms with Gasteiger partial charge in [0.05, 0.1) is 6.61 Å². The SMILES string of the molecule is CO[C@H]1O[C@H](CO)[C@H]2OC(=O)CCC=CCCC(=O)O[C@@H]2[C@H]1OC(=O)Nc1ccccc1. The first-order valence-electron chi connectivity index (χ1n) is 10.4. The van der Waals surface area contributed by atoms with Crippen LogP contribution in [0.1, 0.15) is 25.7 Å². The van der Waals surface area contributed by atoms with Gasteiger partial charge in [-0.2, -0.15) is 0 Å². The molecular formula is C22H27NO9. The fourth-order valence-corrected chi connectivity index (χ4v) is 3.47. The first-order valence-corrected chi connectivity index (χ1v) is 10.4. The van der Waals surface area contributed by atoms with Crippen LogP contribution in [-0.2, 0) is 33.3 Å². The molecule has 1 saturated heterocycles. The summed E-state index contributed by atoms with van der Waals surface area (Å²) in [6.45, 7) is -0.533. The third kappa shape index (κ3) is 6.28. The van der Waals surface area contributed by atoms with Crippen LogP contribution in [0.25, 0.3) is 0 Å². The van der Waals surface area contributed by atoms with Gasteiger partial charge in [-0.1, -0.05) is 30.4 Å². The monoisotopic (exact) mass is 449 g/mol. The Morgan fingerprint density at radius 2 is 1.69 bits per heavy atom. The Morgan fingerprint density at radius 1 is 1.06 bits per heavy atom. The second-order valence-corrected chi connectivity index (χ2v) is 7.28. The average molecular weight is 449 g/mol. The van der Waals surface area contributed by atoms with Gasteiger partial charge in [0.25, 0.3) is 0 Å². The van der Waals surface area contributed by atoms with Gasteiger partial charge in [0, 0.05) is 25.6 Å². The van der Waals surface area contributed by atoms with Crippen LogP contribution in [0, 0.1) is 0 Å². The topological polar surface area (TPSA) is 130 Å². The molecule has 2 aliphatic heterocycles. The molecule has 1 fully saturated rings. The van der Waals surface area contributed by atoms with Gasteiger partial charge in [0.2, 0.25) is 0 Å². The van der Waals surface area contributed by atoms with E-state index in [1.54, 1.807) is 42.5 Å². The lowest BCUT2D eigenvalue weighted by atomic mass is 9.98. The first kappa shape index (κ1) is 23.7. The number of ether oxygens (including phenoxy) is 5. The standard InChI is InChI=1S/C22H27NO9/c1-28-21-20(32-22(27)23-14-9-5-4-6-10-14)19-18(15(13-24)29-21)30-16(25)11-7-2-3-8-12-17(26)31-19/h2-6,9-10,15,18-21,24H,7-8,11-13H2,1H3,(H,23,27)/t15-,18-,19+,20-,21+/m1/s1. The van der Waals surface area contributed by atoms with E-state index in [-0.39, 0.29) is 12.8 Å². The molecule has 5 atom stereocenters. The Hall–Kier alpha value is -2.95. The number of esters is 2. The van der Waals surface area contributed by atoms with E-state index in [9.17, 15) is 19.5 Å². The quantitative estimate of drug-likeness (QED) is 0.402. The van der Waals surface area contributed by atoms with Crippen LogP contribution in [-0.4, -0.2) is 67.6 Å². The van der Waals surface area contributed by atoms with Crippen molar-refractivity contribution in [3.05, 3.63) is 42.5 Å². The second-order valence-electron chi connectivity index (χ2n) is 7.28. The number of aliphatic hydroxyl groups is 1. The lowest BCUT2D eigenvalue weighted by molar-refractivity contribution is -0.298. The number of aliphatic hydroxyl groups excluding tert-OH is 1. The van der Waals surface area contributed by atoms with Gasteiger partial charge in [0.15, 0.2) is 24.6 Å². The van der Waals surface area contributed by atoms with Crippen molar-refractivity contribution in [2.45, 2.75) is 56.4 Å². The van der Waals surface area contributed by atoms with E-state index in [0.717, 1.165) is 0 Å². The molecule has 2 heterocycles. The van der Waals surface area contributed by atoms with Crippen molar-refractivity contribution in [2.75, 3.05) is 19.0 Å². The maximum Gasteiger partial charge on any atom is 0.412 e. The number of nitrogens with one attached hydrogen (secondary N) is 1. The number of anilines is 1. The molecule has 0 unspecified atom stereocenters. The van der Waals surface area contributed by atoms with Crippen LogP contribution in [0.3, 0.4) is 0 Å². The summed E-state index contributed by atoms with van der Waals surface area (Å²) in [5.41, 5.74) is 0.488. The molecular weight excluding hydrogens is 422 g/mol. The van der Waals surface area contributed by atoms with Crippen molar-refractivity contribution < 1.29 is 43.2 Å². The molecule has 174 valence electrons. The van der Waals surface area contributed by atoms with Crippen LogP contribution in [0.4, 0.5) is 10.5 Å². The maximum atomic E-state index is 12.5. The summed E-state index contributed by atoms with van der Waals surface area (Å²) in [5.74, 6) is -1.14. The molecule has 1 aromatic rings. The van der Waals surface area contributed by atoms with Gasteiger partial charge in [-0.15, -0.1) is 0 Å². The normalized spacial score (nSPS) is 28.9. The van der Waals surface area contributed by atoms with Crippen LogP contribution < -0.4 is 5.32 Å². The zero-order valence-electron chi connectivity index (χ0n) is 17.7. The zero-order valence-corrected chi connectivity index (χ0v) is 17.7. The summed E-state index contributed by atoms with van der Waals surface area (Å²) in [4.78, 5) is 37.3. The Bertz CT molecular complexity index is 813. The minimum atomic E-state index is -1.26. The third-order valence-corrected chi connectivity index (χ3v) is 5.00. The van der Waals surface area contributed by atoms with Gasteiger partial charge in [-0.3, -0.25) is 14.9 Å². The first-order chi connectivity index (χ1) is 15.5. The minimum absolute atomic E-state index is 0.0822. The van der Waals surface area contributed by atoms with Crippen LogP contribution in [0.5, 0.6) is 0 Å².